The average Bonchev–Trinajstić information content (AvgIpc) is 2.54. The van der Waals surface area contributed by atoms with Crippen LogP contribution in [-0.2, 0) is 0 Å². The lowest BCUT2D eigenvalue weighted by molar-refractivity contribution is 0.389. The maximum atomic E-state index is 10.4. The molecule has 0 aromatic heterocycles. The molecule has 124 valence electrons. The van der Waals surface area contributed by atoms with Gasteiger partial charge in [-0.2, -0.15) is 0 Å². The Hall–Kier alpha value is -2.94. The van der Waals surface area contributed by atoms with Crippen LogP contribution in [-0.4, -0.2) is 10.2 Å². The van der Waals surface area contributed by atoms with Crippen LogP contribution < -0.4 is 0 Å². The molecule has 0 bridgehead atoms. The van der Waals surface area contributed by atoms with Crippen molar-refractivity contribution in [3.8, 4) is 59.4 Å². The average molecular weight is 304 g/mol. The summed E-state index contributed by atoms with van der Waals surface area (Å²) in [7, 11) is 0. The van der Waals surface area contributed by atoms with Gasteiger partial charge in [-0.1, -0.05) is 19.3 Å². The highest BCUT2D eigenvalue weighted by molar-refractivity contribution is 5.57. The number of phenolic OH excluding ortho intramolecular Hbond substituents is 2. The first kappa shape index (κ1) is 15.4. The third-order valence-electron chi connectivity index (χ3n) is 3.73. The minimum absolute atomic E-state index is 0. The first-order chi connectivity index (χ1) is 10.7. The Morgan fingerprint density at radius 1 is 0.955 bits per heavy atom. The van der Waals surface area contributed by atoms with Gasteiger partial charge >= 0.3 is 0 Å². The van der Waals surface area contributed by atoms with Crippen molar-refractivity contribution in [3.63, 3.8) is 0 Å². The van der Waals surface area contributed by atoms with Gasteiger partial charge in [-0.05, 0) is 72.3 Å². The molecular weight excluding hydrogens is 272 g/mol. The molecule has 1 fully saturated rings. The highest BCUT2D eigenvalue weighted by Crippen LogP contribution is 2.43. The summed E-state index contributed by atoms with van der Waals surface area (Å²) in [5, 5.41) is 20.5. The number of aromatic hydroxyl groups is 2. The molecule has 0 amide bonds. The fourth-order valence-corrected chi connectivity index (χ4v) is 2.72. The fourth-order valence-electron chi connectivity index (χ4n) is 2.72. The van der Waals surface area contributed by atoms with E-state index in [-0.39, 0.29) is 28.8 Å². The summed E-state index contributed by atoms with van der Waals surface area (Å²) in [6.07, 6.45) is 10.4. The predicted octanol–water partition coefficient (Wildman–Crippen LogP) is 5.11. The second kappa shape index (κ2) is 7.74. The molecule has 2 nitrogen and oxygen atoms in total. The third kappa shape index (κ3) is 3.79. The molecule has 22 heavy (non-hydrogen) atoms. The van der Waals surface area contributed by atoms with Crippen LogP contribution in [0.2, 0.25) is 0 Å². The SMILES string of the molecule is C#CC#CC#CC#Cc1ccc(O)c(C2CCCCC2)c1O.[HH].[HH].[HH].[HH].[HH].[HH].[HH].[HH]. The first-order valence-corrected chi connectivity index (χ1v) is 7.25. The molecular formula is C20H32O2. The van der Waals surface area contributed by atoms with Crippen molar-refractivity contribution in [2.24, 2.45) is 0 Å². The standard InChI is InChI=1S/C20H16O2.8H2/c1-2-3-4-5-6-8-13-17-14-15-18(21)19(20(17)22)16-11-9-7-10-12-16;;;;;;;;/h1,14-16,21-22H,7,9-12H2;8*1H. The van der Waals surface area contributed by atoms with Gasteiger partial charge in [0.05, 0.1) is 5.56 Å². The van der Waals surface area contributed by atoms with E-state index in [2.05, 4.69) is 41.4 Å². The Morgan fingerprint density at radius 3 is 2.36 bits per heavy atom. The van der Waals surface area contributed by atoms with Crippen molar-refractivity contribution < 1.29 is 21.6 Å². The van der Waals surface area contributed by atoms with Gasteiger partial charge in [0.15, 0.2) is 0 Å². The predicted molar refractivity (Wildman–Crippen MR) is 104 cm³/mol. The van der Waals surface area contributed by atoms with Crippen molar-refractivity contribution in [2.45, 2.75) is 38.0 Å². The van der Waals surface area contributed by atoms with Crippen LogP contribution in [0, 0.1) is 47.9 Å². The van der Waals surface area contributed by atoms with E-state index in [0.717, 1.165) is 25.7 Å². The molecule has 0 radical (unpaired) electrons. The summed E-state index contributed by atoms with van der Waals surface area (Å²) in [6, 6.07) is 3.18. The van der Waals surface area contributed by atoms with Crippen LogP contribution in [0.5, 0.6) is 11.5 Å². The quantitative estimate of drug-likeness (QED) is 0.708. The molecule has 0 spiro atoms. The third-order valence-corrected chi connectivity index (χ3v) is 3.73. The van der Waals surface area contributed by atoms with Gasteiger partial charge in [-0.15, -0.1) is 6.42 Å². The maximum Gasteiger partial charge on any atom is 0.138 e. The lowest BCUT2D eigenvalue weighted by Gasteiger charge is -2.23. The van der Waals surface area contributed by atoms with Gasteiger partial charge in [-0.25, -0.2) is 0 Å². The van der Waals surface area contributed by atoms with Gasteiger partial charge in [0.1, 0.15) is 11.5 Å². The zero-order chi connectivity index (χ0) is 15.8. The van der Waals surface area contributed by atoms with E-state index in [0.29, 0.717) is 11.1 Å². The Labute approximate surface area is 143 Å². The van der Waals surface area contributed by atoms with Gasteiger partial charge in [0, 0.05) is 17.0 Å². The Kier molecular flexibility index (Phi) is 5.44. The molecule has 0 aliphatic heterocycles. The van der Waals surface area contributed by atoms with Crippen molar-refractivity contribution >= 4 is 0 Å². The minimum atomic E-state index is 0. The van der Waals surface area contributed by atoms with Crippen LogP contribution >= 0.6 is 0 Å². The van der Waals surface area contributed by atoms with Crippen LogP contribution in [0.25, 0.3) is 0 Å². The van der Waals surface area contributed by atoms with E-state index >= 15 is 0 Å². The lowest BCUT2D eigenvalue weighted by Crippen LogP contribution is -2.05. The van der Waals surface area contributed by atoms with E-state index in [4.69, 9.17) is 6.42 Å². The molecule has 1 aliphatic carbocycles. The zero-order valence-corrected chi connectivity index (χ0v) is 12.2. The van der Waals surface area contributed by atoms with Crippen molar-refractivity contribution in [1.29, 1.82) is 0 Å². The van der Waals surface area contributed by atoms with Crippen molar-refractivity contribution in [3.05, 3.63) is 23.3 Å². The molecule has 1 aromatic rings. The van der Waals surface area contributed by atoms with E-state index in [1.807, 2.05) is 0 Å². The van der Waals surface area contributed by atoms with Gasteiger partial charge in [0.2, 0.25) is 0 Å². The van der Waals surface area contributed by atoms with Gasteiger partial charge in [0.25, 0.3) is 0 Å². The molecule has 2 N–H and O–H groups in total. The first-order valence-electron chi connectivity index (χ1n) is 7.25. The normalized spacial score (nSPS) is 13.4. The number of terminal acetylenes is 1. The zero-order valence-electron chi connectivity index (χ0n) is 12.2. The summed E-state index contributed by atoms with van der Waals surface area (Å²) in [6.45, 7) is 0. The highest BCUT2D eigenvalue weighted by atomic mass is 16.3. The Balaban J connectivity index is -0.000000132. The van der Waals surface area contributed by atoms with Crippen LogP contribution in [0.4, 0.5) is 0 Å². The van der Waals surface area contributed by atoms with E-state index in [1.165, 1.54) is 6.42 Å². The second-order valence-corrected chi connectivity index (χ2v) is 5.12. The molecule has 0 heterocycles. The number of phenols is 2. The molecule has 2 rings (SSSR count). The van der Waals surface area contributed by atoms with E-state index in [9.17, 15) is 10.2 Å². The smallest absolute Gasteiger partial charge is 0.138 e. The summed E-state index contributed by atoms with van der Waals surface area (Å²) in [5.41, 5.74) is 1.09. The summed E-state index contributed by atoms with van der Waals surface area (Å²) >= 11 is 0. The summed E-state index contributed by atoms with van der Waals surface area (Å²) in [4.78, 5) is 0. The molecule has 2 heteroatoms. The number of benzene rings is 1. The highest BCUT2D eigenvalue weighted by Gasteiger charge is 2.23. The molecule has 0 saturated heterocycles. The molecule has 0 atom stereocenters. The van der Waals surface area contributed by atoms with Crippen molar-refractivity contribution in [2.75, 3.05) is 0 Å². The fraction of sp³-hybridized carbons (Fsp3) is 0.300. The molecule has 0 unspecified atom stereocenters. The number of hydrogen-bond acceptors (Lipinski definition) is 2. The second-order valence-electron chi connectivity index (χ2n) is 5.12. The largest absolute Gasteiger partial charge is 0.508 e. The van der Waals surface area contributed by atoms with Crippen LogP contribution in [0.3, 0.4) is 0 Å². The van der Waals surface area contributed by atoms with Gasteiger partial charge < -0.3 is 10.2 Å². The Bertz CT molecular complexity index is 796. The number of hydrogen-bond donors (Lipinski definition) is 2. The maximum absolute atomic E-state index is 10.4. The summed E-state index contributed by atoms with van der Waals surface area (Å²) < 4.78 is 0. The molecule has 1 aromatic carbocycles. The Morgan fingerprint density at radius 2 is 1.64 bits per heavy atom. The van der Waals surface area contributed by atoms with Crippen LogP contribution in [0.15, 0.2) is 12.1 Å². The monoisotopic (exact) mass is 304 g/mol. The van der Waals surface area contributed by atoms with E-state index in [1.54, 1.807) is 12.1 Å². The number of rotatable bonds is 1. The van der Waals surface area contributed by atoms with E-state index < -0.39 is 0 Å². The summed E-state index contributed by atoms with van der Waals surface area (Å²) in [5.74, 6) is 17.9. The molecule has 1 aliphatic rings. The minimum Gasteiger partial charge on any atom is -0.508 e. The van der Waals surface area contributed by atoms with Gasteiger partial charge in [-0.3, -0.25) is 0 Å². The van der Waals surface area contributed by atoms with Crippen molar-refractivity contribution in [1.82, 2.24) is 0 Å². The topological polar surface area (TPSA) is 40.5 Å². The van der Waals surface area contributed by atoms with Crippen LogP contribution in [0.1, 0.15) is 60.6 Å². The lowest BCUT2D eigenvalue weighted by atomic mass is 9.82. The molecule has 1 saturated carbocycles.